The molecule has 1 atom stereocenters. The predicted molar refractivity (Wildman–Crippen MR) is 105 cm³/mol. The number of hydrogen-bond donors (Lipinski definition) is 2. The van der Waals surface area contributed by atoms with E-state index >= 15 is 0 Å². The Labute approximate surface area is 146 Å². The highest BCUT2D eigenvalue weighted by Gasteiger charge is 1.94. The van der Waals surface area contributed by atoms with Crippen molar-refractivity contribution in [3.8, 4) is 0 Å². The molecule has 0 rings (SSSR count). The van der Waals surface area contributed by atoms with Gasteiger partial charge in [-0.05, 0) is 25.5 Å². The number of allylic oxidation sites excluding steroid dienone is 1. The summed E-state index contributed by atoms with van der Waals surface area (Å²) in [5, 5.41) is 3.18. The van der Waals surface area contributed by atoms with Gasteiger partial charge in [0.25, 0.3) is 0 Å². The van der Waals surface area contributed by atoms with Crippen molar-refractivity contribution in [1.82, 2.24) is 5.32 Å². The van der Waals surface area contributed by atoms with Crippen LogP contribution in [0.1, 0.15) is 117 Å². The summed E-state index contributed by atoms with van der Waals surface area (Å²) in [7, 11) is 0. The monoisotopic (exact) mass is 324 g/mol. The minimum absolute atomic E-state index is 0.114. The zero-order valence-electron chi connectivity index (χ0n) is 16.1. The van der Waals surface area contributed by atoms with Crippen LogP contribution in [-0.4, -0.2) is 6.17 Å². The Balaban J connectivity index is 3.05. The highest BCUT2D eigenvalue weighted by atomic mass is 15.0. The van der Waals surface area contributed by atoms with Crippen molar-refractivity contribution < 1.29 is 0 Å². The van der Waals surface area contributed by atoms with E-state index in [9.17, 15) is 0 Å². The SMILES string of the molecule is CCCCCCCCCCCCCCCC/C=C/NC(N)CC. The lowest BCUT2D eigenvalue weighted by Crippen LogP contribution is -2.32. The molecule has 2 heteroatoms. The van der Waals surface area contributed by atoms with Crippen molar-refractivity contribution in [2.75, 3.05) is 0 Å². The number of unbranched alkanes of at least 4 members (excludes halogenated alkanes) is 14. The third-order valence-corrected chi connectivity index (χ3v) is 4.59. The highest BCUT2D eigenvalue weighted by Crippen LogP contribution is 2.13. The zero-order chi connectivity index (χ0) is 17.0. The van der Waals surface area contributed by atoms with E-state index in [4.69, 9.17) is 5.73 Å². The standard InChI is InChI=1S/C21H44N2/c1-3-5-6-7-8-9-10-11-12-13-14-15-16-17-18-19-20-23-21(22)4-2/h19-21,23H,3-18,22H2,1-2H3/b20-19+. The molecule has 0 heterocycles. The molecule has 0 aromatic carbocycles. The normalized spacial score (nSPS) is 12.8. The minimum atomic E-state index is 0.114. The van der Waals surface area contributed by atoms with E-state index < -0.39 is 0 Å². The fourth-order valence-electron chi connectivity index (χ4n) is 2.85. The van der Waals surface area contributed by atoms with Crippen LogP contribution in [0, 0.1) is 0 Å². The van der Waals surface area contributed by atoms with Crippen LogP contribution in [-0.2, 0) is 0 Å². The van der Waals surface area contributed by atoms with Crippen molar-refractivity contribution >= 4 is 0 Å². The molecular weight excluding hydrogens is 280 g/mol. The van der Waals surface area contributed by atoms with Gasteiger partial charge >= 0.3 is 0 Å². The van der Waals surface area contributed by atoms with Crippen molar-refractivity contribution in [2.24, 2.45) is 5.73 Å². The van der Waals surface area contributed by atoms with Crippen LogP contribution in [0.5, 0.6) is 0 Å². The van der Waals surface area contributed by atoms with E-state index in [1.807, 2.05) is 6.20 Å². The summed E-state index contributed by atoms with van der Waals surface area (Å²) < 4.78 is 0. The third kappa shape index (κ3) is 19.5. The molecule has 3 N–H and O–H groups in total. The fourth-order valence-corrected chi connectivity index (χ4v) is 2.85. The quantitative estimate of drug-likeness (QED) is 0.219. The Morgan fingerprint density at radius 2 is 1.13 bits per heavy atom. The Morgan fingerprint density at radius 1 is 0.696 bits per heavy atom. The van der Waals surface area contributed by atoms with Crippen LogP contribution >= 0.6 is 0 Å². The minimum Gasteiger partial charge on any atom is -0.376 e. The van der Waals surface area contributed by atoms with Gasteiger partial charge in [-0.2, -0.15) is 0 Å². The molecule has 0 aliphatic carbocycles. The molecule has 0 aliphatic rings. The molecule has 0 aromatic heterocycles. The molecule has 2 nitrogen and oxygen atoms in total. The van der Waals surface area contributed by atoms with Gasteiger partial charge in [0, 0.05) is 0 Å². The maximum atomic E-state index is 5.78. The van der Waals surface area contributed by atoms with Crippen LogP contribution < -0.4 is 11.1 Å². The maximum Gasteiger partial charge on any atom is 0.0735 e. The lowest BCUT2D eigenvalue weighted by molar-refractivity contribution is 0.536. The zero-order valence-corrected chi connectivity index (χ0v) is 16.1. The Hall–Kier alpha value is -0.500. The molecular formula is C21H44N2. The average Bonchev–Trinajstić information content (AvgIpc) is 2.57. The van der Waals surface area contributed by atoms with Crippen LogP contribution in [0.4, 0.5) is 0 Å². The van der Waals surface area contributed by atoms with Gasteiger partial charge in [-0.3, -0.25) is 0 Å². The molecule has 0 aliphatic heterocycles. The van der Waals surface area contributed by atoms with E-state index in [1.54, 1.807) is 0 Å². The first kappa shape index (κ1) is 22.5. The number of nitrogens with one attached hydrogen (secondary N) is 1. The lowest BCUT2D eigenvalue weighted by Gasteiger charge is -2.07. The Kier molecular flexibility index (Phi) is 19.1. The van der Waals surface area contributed by atoms with Gasteiger partial charge in [0.15, 0.2) is 0 Å². The molecule has 0 saturated heterocycles. The van der Waals surface area contributed by atoms with Crippen molar-refractivity contribution in [1.29, 1.82) is 0 Å². The number of rotatable bonds is 18. The summed E-state index contributed by atoms with van der Waals surface area (Å²) >= 11 is 0. The smallest absolute Gasteiger partial charge is 0.0735 e. The van der Waals surface area contributed by atoms with Crippen LogP contribution in [0.25, 0.3) is 0 Å². The van der Waals surface area contributed by atoms with Gasteiger partial charge in [-0.1, -0.05) is 103 Å². The van der Waals surface area contributed by atoms with E-state index in [1.165, 1.54) is 96.3 Å². The molecule has 0 amide bonds. The molecule has 0 radical (unpaired) electrons. The van der Waals surface area contributed by atoms with E-state index in [2.05, 4.69) is 25.2 Å². The van der Waals surface area contributed by atoms with E-state index in [0.717, 1.165) is 6.42 Å². The molecule has 0 aromatic rings. The van der Waals surface area contributed by atoms with Gasteiger partial charge in [-0.25, -0.2) is 0 Å². The molecule has 1 unspecified atom stereocenters. The molecule has 138 valence electrons. The molecule has 0 fully saturated rings. The number of hydrogen-bond acceptors (Lipinski definition) is 2. The van der Waals surface area contributed by atoms with Crippen LogP contribution in [0.2, 0.25) is 0 Å². The van der Waals surface area contributed by atoms with Gasteiger partial charge in [-0.15, -0.1) is 0 Å². The third-order valence-electron chi connectivity index (χ3n) is 4.59. The average molecular weight is 325 g/mol. The largest absolute Gasteiger partial charge is 0.376 e. The maximum absolute atomic E-state index is 5.78. The Bertz CT molecular complexity index is 238. The summed E-state index contributed by atoms with van der Waals surface area (Å²) in [5.74, 6) is 0. The molecule has 0 bridgehead atoms. The van der Waals surface area contributed by atoms with E-state index in [-0.39, 0.29) is 6.17 Å². The lowest BCUT2D eigenvalue weighted by atomic mass is 10.0. The first-order chi connectivity index (χ1) is 11.3. The molecule has 23 heavy (non-hydrogen) atoms. The van der Waals surface area contributed by atoms with Gasteiger partial charge < -0.3 is 11.1 Å². The topological polar surface area (TPSA) is 38.0 Å². The first-order valence-corrected chi connectivity index (χ1v) is 10.5. The second-order valence-electron chi connectivity index (χ2n) is 6.97. The second kappa shape index (κ2) is 19.5. The highest BCUT2D eigenvalue weighted by molar-refractivity contribution is 4.80. The van der Waals surface area contributed by atoms with Gasteiger partial charge in [0.1, 0.15) is 0 Å². The molecule has 0 spiro atoms. The second-order valence-corrected chi connectivity index (χ2v) is 6.97. The first-order valence-electron chi connectivity index (χ1n) is 10.5. The Morgan fingerprint density at radius 3 is 1.57 bits per heavy atom. The summed E-state index contributed by atoms with van der Waals surface area (Å²) in [6.45, 7) is 4.39. The van der Waals surface area contributed by atoms with Crippen molar-refractivity contribution in [3.63, 3.8) is 0 Å². The molecule has 0 saturated carbocycles. The predicted octanol–water partition coefficient (Wildman–Crippen LogP) is 6.66. The summed E-state index contributed by atoms with van der Waals surface area (Å²) in [5.41, 5.74) is 5.78. The van der Waals surface area contributed by atoms with E-state index in [0.29, 0.717) is 0 Å². The van der Waals surface area contributed by atoms with Gasteiger partial charge in [0.2, 0.25) is 0 Å². The fraction of sp³-hybridized carbons (Fsp3) is 0.905. The van der Waals surface area contributed by atoms with Gasteiger partial charge in [0.05, 0.1) is 6.17 Å². The van der Waals surface area contributed by atoms with Crippen molar-refractivity contribution in [2.45, 2.75) is 123 Å². The summed E-state index contributed by atoms with van der Waals surface area (Å²) in [6, 6.07) is 0. The van der Waals surface area contributed by atoms with Crippen LogP contribution in [0.3, 0.4) is 0 Å². The summed E-state index contributed by atoms with van der Waals surface area (Å²) in [4.78, 5) is 0. The number of nitrogens with two attached hydrogens (primary N) is 1. The summed E-state index contributed by atoms with van der Waals surface area (Å²) in [6.07, 6.45) is 26.5. The van der Waals surface area contributed by atoms with Crippen molar-refractivity contribution in [3.05, 3.63) is 12.3 Å². The van der Waals surface area contributed by atoms with Crippen LogP contribution in [0.15, 0.2) is 12.3 Å².